The number of rotatable bonds is 4. The van der Waals surface area contributed by atoms with E-state index in [9.17, 15) is 13.2 Å². The van der Waals surface area contributed by atoms with Gasteiger partial charge in [-0.1, -0.05) is 30.3 Å². The smallest absolute Gasteiger partial charge is 0.408 e. The number of benzene rings is 2. The van der Waals surface area contributed by atoms with Gasteiger partial charge in [0.25, 0.3) is 0 Å². The molecule has 1 saturated heterocycles. The van der Waals surface area contributed by atoms with Gasteiger partial charge in [-0.05, 0) is 29.8 Å². The molecular weight excluding hydrogens is 388 g/mol. The fraction of sp³-hybridized carbons (Fsp3) is 0.333. The van der Waals surface area contributed by atoms with E-state index in [1.165, 1.54) is 17.0 Å². The van der Waals surface area contributed by atoms with Crippen molar-refractivity contribution in [2.45, 2.75) is 12.2 Å². The molecule has 0 aliphatic carbocycles. The van der Waals surface area contributed by atoms with Crippen LogP contribution in [0, 0.1) is 0 Å². The number of halogens is 5. The van der Waals surface area contributed by atoms with E-state index in [-0.39, 0.29) is 30.4 Å². The Bertz CT molecular complexity index is 665. The van der Waals surface area contributed by atoms with Crippen LogP contribution in [0.2, 0.25) is 0 Å². The molecule has 1 N–H and O–H groups in total. The van der Waals surface area contributed by atoms with Crippen molar-refractivity contribution in [1.29, 1.82) is 0 Å². The monoisotopic (exact) mass is 408 g/mol. The Hall–Kier alpha value is -1.47. The third kappa shape index (κ3) is 5.77. The number of alkyl halides is 3. The lowest BCUT2D eigenvalue weighted by Gasteiger charge is -2.36. The number of nitrogens with zero attached hydrogens (tertiary/aromatic N) is 1. The predicted molar refractivity (Wildman–Crippen MR) is 101 cm³/mol. The van der Waals surface area contributed by atoms with E-state index in [2.05, 4.69) is 5.32 Å². The molecule has 0 aromatic heterocycles. The minimum Gasteiger partial charge on any atom is -0.457 e. The molecule has 1 fully saturated rings. The summed E-state index contributed by atoms with van der Waals surface area (Å²) < 4.78 is 46.6. The van der Waals surface area contributed by atoms with Gasteiger partial charge in [-0.2, -0.15) is 13.2 Å². The van der Waals surface area contributed by atoms with Gasteiger partial charge in [-0.15, -0.1) is 24.8 Å². The molecule has 144 valence electrons. The van der Waals surface area contributed by atoms with Crippen LogP contribution in [-0.4, -0.2) is 37.3 Å². The van der Waals surface area contributed by atoms with Gasteiger partial charge in [-0.3, -0.25) is 4.90 Å². The van der Waals surface area contributed by atoms with Crippen LogP contribution in [0.15, 0.2) is 54.6 Å². The van der Waals surface area contributed by atoms with E-state index in [1.54, 1.807) is 24.3 Å². The van der Waals surface area contributed by atoms with E-state index < -0.39 is 12.2 Å². The molecule has 3 rings (SSSR count). The first-order valence-electron chi connectivity index (χ1n) is 7.88. The maximum absolute atomic E-state index is 13.6. The molecular formula is C18H21Cl2F3N2O. The lowest BCUT2D eigenvalue weighted by Crippen LogP contribution is -2.49. The first-order valence-corrected chi connectivity index (χ1v) is 7.88. The minimum absolute atomic E-state index is 0. The van der Waals surface area contributed by atoms with Gasteiger partial charge in [0.2, 0.25) is 0 Å². The lowest BCUT2D eigenvalue weighted by molar-refractivity contribution is -0.187. The SMILES string of the molecule is Cl.Cl.FC(F)(F)[C@H](c1cccc(Oc2ccccc2)c1)N1CCNCC1. The van der Waals surface area contributed by atoms with Crippen molar-refractivity contribution in [3.63, 3.8) is 0 Å². The van der Waals surface area contributed by atoms with E-state index in [0.29, 0.717) is 37.7 Å². The highest BCUT2D eigenvalue weighted by Gasteiger charge is 2.44. The fourth-order valence-electron chi connectivity index (χ4n) is 2.92. The molecule has 1 aliphatic heterocycles. The fourth-order valence-corrected chi connectivity index (χ4v) is 2.92. The third-order valence-electron chi connectivity index (χ3n) is 3.98. The summed E-state index contributed by atoms with van der Waals surface area (Å²) in [6.45, 7) is 1.86. The van der Waals surface area contributed by atoms with Crippen LogP contribution in [0.25, 0.3) is 0 Å². The van der Waals surface area contributed by atoms with Crippen LogP contribution < -0.4 is 10.1 Å². The van der Waals surface area contributed by atoms with E-state index in [1.807, 2.05) is 18.2 Å². The van der Waals surface area contributed by atoms with Crippen molar-refractivity contribution < 1.29 is 17.9 Å². The Morgan fingerprint density at radius 1 is 0.885 bits per heavy atom. The average molecular weight is 409 g/mol. The number of hydrogen-bond acceptors (Lipinski definition) is 3. The molecule has 26 heavy (non-hydrogen) atoms. The predicted octanol–water partition coefficient (Wildman–Crippen LogP) is 4.83. The van der Waals surface area contributed by atoms with Gasteiger partial charge in [0.15, 0.2) is 0 Å². The summed E-state index contributed by atoms with van der Waals surface area (Å²) in [6.07, 6.45) is -4.33. The molecule has 1 heterocycles. The Kier molecular flexibility index (Phi) is 8.70. The topological polar surface area (TPSA) is 24.5 Å². The van der Waals surface area contributed by atoms with Gasteiger partial charge >= 0.3 is 6.18 Å². The molecule has 0 unspecified atom stereocenters. The summed E-state index contributed by atoms with van der Waals surface area (Å²) in [5.74, 6) is 1.00. The van der Waals surface area contributed by atoms with Crippen LogP contribution in [0.5, 0.6) is 11.5 Å². The van der Waals surface area contributed by atoms with Crippen LogP contribution >= 0.6 is 24.8 Å². The van der Waals surface area contributed by atoms with Crippen molar-refractivity contribution in [3.8, 4) is 11.5 Å². The number of piperazine rings is 1. The first-order chi connectivity index (χ1) is 11.5. The second-order valence-electron chi connectivity index (χ2n) is 5.72. The summed E-state index contributed by atoms with van der Waals surface area (Å²) in [6, 6.07) is 13.7. The second kappa shape index (κ2) is 10.0. The minimum atomic E-state index is -4.33. The molecule has 0 amide bonds. The Morgan fingerprint density at radius 2 is 1.50 bits per heavy atom. The maximum atomic E-state index is 13.6. The second-order valence-corrected chi connectivity index (χ2v) is 5.72. The largest absolute Gasteiger partial charge is 0.457 e. The number of para-hydroxylation sites is 1. The summed E-state index contributed by atoms with van der Waals surface area (Å²) in [7, 11) is 0. The number of nitrogens with one attached hydrogen (secondary N) is 1. The van der Waals surface area contributed by atoms with E-state index in [0.717, 1.165) is 0 Å². The van der Waals surface area contributed by atoms with Crippen molar-refractivity contribution in [1.82, 2.24) is 10.2 Å². The van der Waals surface area contributed by atoms with Crippen molar-refractivity contribution in [2.75, 3.05) is 26.2 Å². The molecule has 1 atom stereocenters. The number of hydrogen-bond donors (Lipinski definition) is 1. The van der Waals surface area contributed by atoms with Gasteiger partial charge in [0, 0.05) is 26.2 Å². The highest BCUT2D eigenvalue weighted by atomic mass is 35.5. The Labute approximate surface area is 163 Å². The highest BCUT2D eigenvalue weighted by molar-refractivity contribution is 5.85. The molecule has 3 nitrogen and oxygen atoms in total. The summed E-state index contributed by atoms with van der Waals surface area (Å²) in [4.78, 5) is 1.47. The standard InChI is InChI=1S/C18H19F3N2O.2ClH/c19-18(20,21)17(23-11-9-22-10-12-23)14-5-4-8-16(13-14)24-15-6-2-1-3-7-15;;/h1-8,13,17,22H,9-12H2;2*1H/t17-;;/m0../s1. The van der Waals surface area contributed by atoms with Crippen molar-refractivity contribution in [3.05, 3.63) is 60.2 Å². The molecule has 0 spiro atoms. The Morgan fingerprint density at radius 3 is 2.12 bits per heavy atom. The molecule has 0 bridgehead atoms. The Balaban J connectivity index is 0.00000169. The lowest BCUT2D eigenvalue weighted by atomic mass is 10.0. The normalized spacial score (nSPS) is 16.1. The molecule has 2 aromatic rings. The van der Waals surface area contributed by atoms with Crippen LogP contribution in [0.1, 0.15) is 11.6 Å². The zero-order chi connectivity index (χ0) is 17.0. The first kappa shape index (κ1) is 22.6. The molecule has 8 heteroatoms. The van der Waals surface area contributed by atoms with Crippen LogP contribution in [0.4, 0.5) is 13.2 Å². The van der Waals surface area contributed by atoms with Gasteiger partial charge in [0.1, 0.15) is 17.5 Å². The van der Waals surface area contributed by atoms with E-state index >= 15 is 0 Å². The van der Waals surface area contributed by atoms with E-state index in [4.69, 9.17) is 4.74 Å². The summed E-state index contributed by atoms with van der Waals surface area (Å²) in [5.41, 5.74) is 0.206. The zero-order valence-corrected chi connectivity index (χ0v) is 15.5. The maximum Gasteiger partial charge on any atom is 0.408 e. The molecule has 0 saturated carbocycles. The van der Waals surface area contributed by atoms with Crippen LogP contribution in [-0.2, 0) is 0 Å². The molecule has 2 aromatic carbocycles. The van der Waals surface area contributed by atoms with Gasteiger partial charge < -0.3 is 10.1 Å². The molecule has 1 aliphatic rings. The van der Waals surface area contributed by atoms with Gasteiger partial charge in [-0.25, -0.2) is 0 Å². The van der Waals surface area contributed by atoms with Crippen LogP contribution in [0.3, 0.4) is 0 Å². The molecule has 0 radical (unpaired) electrons. The van der Waals surface area contributed by atoms with Crippen molar-refractivity contribution >= 4 is 24.8 Å². The quantitative estimate of drug-likeness (QED) is 0.783. The summed E-state index contributed by atoms with van der Waals surface area (Å²) >= 11 is 0. The third-order valence-corrected chi connectivity index (χ3v) is 3.98. The average Bonchev–Trinajstić information content (AvgIpc) is 2.56. The summed E-state index contributed by atoms with van der Waals surface area (Å²) in [5, 5.41) is 3.08. The number of ether oxygens (including phenoxy) is 1. The van der Waals surface area contributed by atoms with Gasteiger partial charge in [0.05, 0.1) is 0 Å². The van der Waals surface area contributed by atoms with Crippen molar-refractivity contribution in [2.24, 2.45) is 0 Å². The highest BCUT2D eigenvalue weighted by Crippen LogP contribution is 2.39. The zero-order valence-electron chi connectivity index (χ0n) is 13.9.